The van der Waals surface area contributed by atoms with Gasteiger partial charge in [-0.1, -0.05) is 37.6 Å². The smallest absolute Gasteiger partial charge is 0.165 e. The summed E-state index contributed by atoms with van der Waals surface area (Å²) in [6.07, 6.45) is 4.12. The molecule has 2 saturated carbocycles. The summed E-state index contributed by atoms with van der Waals surface area (Å²) in [6.45, 7) is 2.38. The van der Waals surface area contributed by atoms with Gasteiger partial charge in [0.1, 0.15) is 6.10 Å². The summed E-state index contributed by atoms with van der Waals surface area (Å²) in [5.41, 5.74) is 1.60. The Hall–Kier alpha value is -1.88. The van der Waals surface area contributed by atoms with Crippen LogP contribution < -0.4 is 0 Å². The summed E-state index contributed by atoms with van der Waals surface area (Å²) in [5.74, 6) is -2.79. The van der Waals surface area contributed by atoms with E-state index in [1.54, 1.807) is 24.3 Å². The summed E-state index contributed by atoms with van der Waals surface area (Å²) < 4.78 is 63.9. The number of epoxide rings is 1. The topological polar surface area (TPSA) is 12.5 Å². The molecule has 1 saturated heterocycles. The number of hydrogen-bond donors (Lipinski definition) is 0. The molecule has 3 fully saturated rings. The fraction of sp³-hybridized carbons (Fsp3) is 0.520. The summed E-state index contributed by atoms with van der Waals surface area (Å²) in [6, 6.07) is 6.81. The van der Waals surface area contributed by atoms with Gasteiger partial charge < -0.3 is 4.74 Å². The molecule has 30 heavy (non-hydrogen) atoms. The second-order valence-corrected chi connectivity index (χ2v) is 9.08. The predicted octanol–water partition coefficient (Wildman–Crippen LogP) is 6.95. The van der Waals surface area contributed by atoms with Crippen LogP contribution in [0.5, 0.6) is 0 Å². The van der Waals surface area contributed by atoms with Crippen molar-refractivity contribution >= 4 is 0 Å². The number of rotatable bonds is 5. The van der Waals surface area contributed by atoms with Crippen LogP contribution >= 0.6 is 0 Å². The number of halogens is 4. The maximum absolute atomic E-state index is 14.9. The zero-order valence-corrected chi connectivity index (χ0v) is 17.1. The fourth-order valence-electron chi connectivity index (χ4n) is 6.07. The van der Waals surface area contributed by atoms with E-state index in [0.717, 1.165) is 32.1 Å². The van der Waals surface area contributed by atoms with Crippen molar-refractivity contribution in [1.82, 2.24) is 0 Å². The molecule has 2 aliphatic carbocycles. The van der Waals surface area contributed by atoms with E-state index in [4.69, 9.17) is 4.74 Å². The van der Waals surface area contributed by atoms with Gasteiger partial charge in [0.2, 0.25) is 0 Å². The first kappa shape index (κ1) is 20.0. The highest BCUT2D eigenvalue weighted by Crippen LogP contribution is 2.58. The van der Waals surface area contributed by atoms with E-state index < -0.39 is 23.3 Å². The van der Waals surface area contributed by atoms with Crippen molar-refractivity contribution in [3.8, 4) is 0 Å². The molecule has 5 heteroatoms. The molecule has 5 atom stereocenters. The Bertz CT molecular complexity index is 968. The monoisotopic (exact) mass is 418 g/mol. The van der Waals surface area contributed by atoms with E-state index >= 15 is 0 Å². The number of hydrogen-bond acceptors (Lipinski definition) is 1. The highest BCUT2D eigenvalue weighted by atomic mass is 19.2. The van der Waals surface area contributed by atoms with Crippen molar-refractivity contribution in [2.75, 3.05) is 6.61 Å². The molecule has 2 aromatic rings. The number of fused-ring (bicyclic) bond motifs is 1. The Morgan fingerprint density at radius 1 is 0.733 bits per heavy atom. The largest absolute Gasteiger partial charge is 0.368 e. The third-order valence-electron chi connectivity index (χ3n) is 7.54. The molecule has 0 spiro atoms. The van der Waals surface area contributed by atoms with Crippen molar-refractivity contribution in [1.29, 1.82) is 0 Å². The molecule has 0 amide bonds. The van der Waals surface area contributed by atoms with Gasteiger partial charge in [0.25, 0.3) is 0 Å². The summed E-state index contributed by atoms with van der Waals surface area (Å²) in [4.78, 5) is 0. The molecule has 2 aromatic carbocycles. The highest BCUT2D eigenvalue weighted by molar-refractivity contribution is 5.35. The SMILES string of the molecule is CCCc1ccc(C2CCC3C(c4ccc(C5CO5)c(F)c4F)CCC23)c(F)c1F. The maximum Gasteiger partial charge on any atom is 0.165 e. The first-order chi connectivity index (χ1) is 14.5. The van der Waals surface area contributed by atoms with Crippen LogP contribution in [0.25, 0.3) is 0 Å². The Morgan fingerprint density at radius 3 is 1.80 bits per heavy atom. The van der Waals surface area contributed by atoms with E-state index in [-0.39, 0.29) is 29.8 Å². The summed E-state index contributed by atoms with van der Waals surface area (Å²) >= 11 is 0. The van der Waals surface area contributed by atoms with E-state index in [9.17, 15) is 17.6 Å². The van der Waals surface area contributed by atoms with E-state index in [1.807, 2.05) is 6.92 Å². The van der Waals surface area contributed by atoms with Crippen LogP contribution in [0, 0.1) is 35.1 Å². The van der Waals surface area contributed by atoms with Crippen molar-refractivity contribution < 1.29 is 22.3 Å². The minimum absolute atomic E-state index is 0.0581. The fourth-order valence-corrected chi connectivity index (χ4v) is 6.07. The van der Waals surface area contributed by atoms with Gasteiger partial charge in [0.05, 0.1) is 6.61 Å². The minimum atomic E-state index is -0.798. The third kappa shape index (κ3) is 3.17. The molecule has 1 nitrogen and oxygen atoms in total. The molecule has 0 N–H and O–H groups in total. The molecule has 1 heterocycles. The van der Waals surface area contributed by atoms with Crippen LogP contribution in [-0.4, -0.2) is 6.61 Å². The van der Waals surface area contributed by atoms with Gasteiger partial charge in [-0.05, 0) is 72.5 Å². The van der Waals surface area contributed by atoms with Gasteiger partial charge in [0, 0.05) is 5.56 Å². The van der Waals surface area contributed by atoms with Gasteiger partial charge >= 0.3 is 0 Å². The average Bonchev–Trinajstić information content (AvgIpc) is 3.36. The second kappa shape index (κ2) is 7.67. The van der Waals surface area contributed by atoms with Gasteiger partial charge in [-0.15, -0.1) is 0 Å². The van der Waals surface area contributed by atoms with E-state index in [1.165, 1.54) is 0 Å². The predicted molar refractivity (Wildman–Crippen MR) is 106 cm³/mol. The maximum atomic E-state index is 14.9. The lowest BCUT2D eigenvalue weighted by atomic mass is 9.82. The Morgan fingerprint density at radius 2 is 1.23 bits per heavy atom. The van der Waals surface area contributed by atoms with Crippen molar-refractivity contribution in [2.24, 2.45) is 11.8 Å². The lowest BCUT2D eigenvalue weighted by Crippen LogP contribution is -2.14. The molecule has 0 radical (unpaired) electrons. The van der Waals surface area contributed by atoms with Crippen molar-refractivity contribution in [3.63, 3.8) is 0 Å². The Labute approximate surface area is 174 Å². The second-order valence-electron chi connectivity index (χ2n) is 9.08. The Kier molecular flexibility index (Phi) is 5.12. The van der Waals surface area contributed by atoms with Crippen molar-refractivity contribution in [2.45, 2.75) is 63.4 Å². The van der Waals surface area contributed by atoms with Gasteiger partial charge in [-0.2, -0.15) is 0 Å². The molecule has 1 aliphatic heterocycles. The first-order valence-electron chi connectivity index (χ1n) is 11.1. The van der Waals surface area contributed by atoms with Crippen LogP contribution in [0.2, 0.25) is 0 Å². The number of ether oxygens (including phenoxy) is 1. The number of aryl methyl sites for hydroxylation is 1. The van der Waals surface area contributed by atoms with Crippen LogP contribution in [0.3, 0.4) is 0 Å². The van der Waals surface area contributed by atoms with Crippen LogP contribution in [0.4, 0.5) is 17.6 Å². The summed E-state index contributed by atoms with van der Waals surface area (Å²) in [5, 5.41) is 0. The van der Waals surface area contributed by atoms with Gasteiger partial charge in [0.15, 0.2) is 23.3 Å². The Balaban J connectivity index is 1.41. The lowest BCUT2D eigenvalue weighted by Gasteiger charge is -2.23. The molecule has 0 bridgehead atoms. The molecular formula is C25H26F4O. The van der Waals surface area contributed by atoms with Gasteiger partial charge in [-0.3, -0.25) is 0 Å². The highest BCUT2D eigenvalue weighted by Gasteiger charge is 2.47. The van der Waals surface area contributed by atoms with E-state index in [0.29, 0.717) is 35.3 Å². The zero-order chi connectivity index (χ0) is 21.0. The number of benzene rings is 2. The standard InChI is InChI=1S/C25H26F4O/c1-2-3-13-4-5-18(23(27)22(13)26)16-8-6-15-14(16)7-9-17(15)19-10-11-20(21-12-30-21)25(29)24(19)28/h4-5,10-11,14-17,21H,2-3,6-9,12H2,1H3. The molecule has 0 aromatic heterocycles. The first-order valence-corrected chi connectivity index (χ1v) is 11.1. The average molecular weight is 418 g/mol. The van der Waals surface area contributed by atoms with Gasteiger partial charge in [-0.25, -0.2) is 17.6 Å². The zero-order valence-electron chi connectivity index (χ0n) is 17.1. The normalized spacial score (nSPS) is 30.0. The molecule has 5 rings (SSSR count). The van der Waals surface area contributed by atoms with Crippen LogP contribution in [-0.2, 0) is 11.2 Å². The van der Waals surface area contributed by atoms with Crippen molar-refractivity contribution in [3.05, 3.63) is 69.8 Å². The minimum Gasteiger partial charge on any atom is -0.368 e. The molecule has 160 valence electrons. The molecule has 5 unspecified atom stereocenters. The molecular weight excluding hydrogens is 392 g/mol. The van der Waals surface area contributed by atoms with Crippen LogP contribution in [0.15, 0.2) is 24.3 Å². The third-order valence-corrected chi connectivity index (χ3v) is 7.54. The lowest BCUT2D eigenvalue weighted by molar-refractivity contribution is 0.376. The summed E-state index contributed by atoms with van der Waals surface area (Å²) in [7, 11) is 0. The van der Waals surface area contributed by atoms with E-state index in [2.05, 4.69) is 0 Å². The quantitative estimate of drug-likeness (QED) is 0.378. The molecule has 3 aliphatic rings. The van der Waals surface area contributed by atoms with Crippen LogP contribution in [0.1, 0.15) is 79.2 Å².